The highest BCUT2D eigenvalue weighted by Gasteiger charge is 2.31. The Bertz CT molecular complexity index is 349. The Morgan fingerprint density at radius 1 is 1.40 bits per heavy atom. The first-order valence-corrected chi connectivity index (χ1v) is 4.40. The van der Waals surface area contributed by atoms with Crippen molar-refractivity contribution in [3.05, 3.63) is 34.9 Å². The third-order valence-corrected chi connectivity index (χ3v) is 2.20. The third-order valence-electron chi connectivity index (χ3n) is 2.20. The predicted molar refractivity (Wildman–Crippen MR) is 50.2 cm³/mol. The molecule has 0 aliphatic rings. The highest BCUT2D eigenvalue weighted by Crippen LogP contribution is 2.31. The molecule has 2 nitrogen and oxygen atoms in total. The van der Waals surface area contributed by atoms with Gasteiger partial charge in [0.15, 0.2) is 0 Å². The lowest BCUT2D eigenvalue weighted by atomic mass is 9.99. The van der Waals surface area contributed by atoms with E-state index in [-0.39, 0.29) is 6.61 Å². The number of hydrogen-bond donors (Lipinski definition) is 2. The summed E-state index contributed by atoms with van der Waals surface area (Å²) in [6.07, 6.45) is -4.38. The first kappa shape index (κ1) is 12.0. The Hall–Kier alpha value is -1.07. The summed E-state index contributed by atoms with van der Waals surface area (Å²) in [7, 11) is 0. The molecule has 1 atom stereocenters. The Balaban J connectivity index is 3.17. The fraction of sp³-hybridized carbons (Fsp3) is 0.400. The zero-order valence-electron chi connectivity index (χ0n) is 8.17. The minimum Gasteiger partial charge on any atom is -0.394 e. The van der Waals surface area contributed by atoms with Crippen molar-refractivity contribution in [3.8, 4) is 0 Å². The number of aliphatic hydroxyl groups excluding tert-OH is 1. The van der Waals surface area contributed by atoms with Gasteiger partial charge >= 0.3 is 6.18 Å². The average molecular weight is 219 g/mol. The van der Waals surface area contributed by atoms with Crippen molar-refractivity contribution in [1.82, 2.24) is 0 Å². The highest BCUT2D eigenvalue weighted by molar-refractivity contribution is 5.34. The monoisotopic (exact) mass is 219 g/mol. The van der Waals surface area contributed by atoms with Crippen molar-refractivity contribution >= 4 is 0 Å². The smallest absolute Gasteiger partial charge is 0.394 e. The zero-order chi connectivity index (χ0) is 11.6. The van der Waals surface area contributed by atoms with Crippen LogP contribution in [-0.2, 0) is 6.18 Å². The molecule has 0 radical (unpaired) electrons. The number of alkyl halides is 3. The normalized spacial score (nSPS) is 14.0. The van der Waals surface area contributed by atoms with Crippen LogP contribution >= 0.6 is 0 Å². The van der Waals surface area contributed by atoms with Gasteiger partial charge in [-0.1, -0.05) is 6.07 Å². The summed E-state index contributed by atoms with van der Waals surface area (Å²) in [5.74, 6) is 0. The van der Waals surface area contributed by atoms with Crippen LogP contribution in [0.25, 0.3) is 0 Å². The second-order valence-electron chi connectivity index (χ2n) is 3.36. The van der Waals surface area contributed by atoms with Gasteiger partial charge in [0, 0.05) is 0 Å². The van der Waals surface area contributed by atoms with Gasteiger partial charge in [-0.25, -0.2) is 0 Å². The molecule has 15 heavy (non-hydrogen) atoms. The molecule has 0 amide bonds. The summed E-state index contributed by atoms with van der Waals surface area (Å²) in [5, 5.41) is 8.80. The summed E-state index contributed by atoms with van der Waals surface area (Å²) in [5.41, 5.74) is 5.72. The number of rotatable bonds is 2. The van der Waals surface area contributed by atoms with Gasteiger partial charge in [0.2, 0.25) is 0 Å². The predicted octanol–water partition coefficient (Wildman–Crippen LogP) is 2.01. The van der Waals surface area contributed by atoms with Crippen molar-refractivity contribution in [2.75, 3.05) is 6.61 Å². The maximum Gasteiger partial charge on any atom is 0.416 e. The SMILES string of the molecule is Cc1ccc(C(F)(F)F)cc1[C@@H](N)CO. The number of aliphatic hydroxyl groups is 1. The molecule has 1 rings (SSSR count). The quantitative estimate of drug-likeness (QED) is 0.799. The van der Waals surface area contributed by atoms with Crippen LogP contribution in [-0.4, -0.2) is 11.7 Å². The summed E-state index contributed by atoms with van der Waals surface area (Å²) in [6.45, 7) is 1.28. The van der Waals surface area contributed by atoms with Gasteiger partial charge in [-0.3, -0.25) is 0 Å². The molecule has 0 aromatic heterocycles. The number of hydrogen-bond acceptors (Lipinski definition) is 2. The molecule has 84 valence electrons. The van der Waals surface area contributed by atoms with Crippen molar-refractivity contribution < 1.29 is 18.3 Å². The number of halogens is 3. The van der Waals surface area contributed by atoms with Gasteiger partial charge in [0.1, 0.15) is 0 Å². The molecular weight excluding hydrogens is 207 g/mol. The van der Waals surface area contributed by atoms with Crippen molar-refractivity contribution in [3.63, 3.8) is 0 Å². The van der Waals surface area contributed by atoms with Crippen LogP contribution in [0.4, 0.5) is 13.2 Å². The summed E-state index contributed by atoms with van der Waals surface area (Å²) in [4.78, 5) is 0. The van der Waals surface area contributed by atoms with E-state index in [2.05, 4.69) is 0 Å². The van der Waals surface area contributed by atoms with Gasteiger partial charge in [-0.15, -0.1) is 0 Å². The van der Waals surface area contributed by atoms with Gasteiger partial charge in [-0.05, 0) is 30.2 Å². The Kier molecular flexibility index (Phi) is 3.36. The second kappa shape index (κ2) is 4.20. The molecule has 0 saturated carbocycles. The summed E-state index contributed by atoms with van der Waals surface area (Å²) in [6, 6.07) is 2.57. The zero-order valence-corrected chi connectivity index (χ0v) is 8.17. The molecule has 0 fully saturated rings. The van der Waals surface area contributed by atoms with E-state index in [1.54, 1.807) is 6.92 Å². The van der Waals surface area contributed by atoms with E-state index in [1.165, 1.54) is 6.07 Å². The topological polar surface area (TPSA) is 46.2 Å². The van der Waals surface area contributed by atoms with Crippen LogP contribution in [0, 0.1) is 6.92 Å². The van der Waals surface area contributed by atoms with Gasteiger partial charge in [0.05, 0.1) is 18.2 Å². The third kappa shape index (κ3) is 2.70. The molecular formula is C10H12F3NO. The molecule has 0 saturated heterocycles. The first-order valence-electron chi connectivity index (χ1n) is 4.40. The summed E-state index contributed by atoms with van der Waals surface area (Å²) < 4.78 is 37.1. The molecule has 1 aromatic rings. The van der Waals surface area contributed by atoms with Crippen LogP contribution in [0.15, 0.2) is 18.2 Å². The van der Waals surface area contributed by atoms with Gasteiger partial charge in [0.25, 0.3) is 0 Å². The first-order chi connectivity index (χ1) is 6.86. The standard InChI is InChI=1S/C10H12F3NO/c1-6-2-3-7(10(11,12)13)4-8(6)9(14)5-15/h2-4,9,15H,5,14H2,1H3/t9-/m0/s1. The molecule has 0 unspecified atom stereocenters. The largest absolute Gasteiger partial charge is 0.416 e. The summed E-state index contributed by atoms with van der Waals surface area (Å²) >= 11 is 0. The Morgan fingerprint density at radius 3 is 2.47 bits per heavy atom. The number of aryl methyl sites for hydroxylation is 1. The van der Waals surface area contributed by atoms with E-state index >= 15 is 0 Å². The Morgan fingerprint density at radius 2 is 2.00 bits per heavy atom. The lowest BCUT2D eigenvalue weighted by Gasteiger charge is -2.15. The Labute approximate surface area is 85.5 Å². The van der Waals surface area contributed by atoms with E-state index in [0.717, 1.165) is 12.1 Å². The molecule has 0 heterocycles. The van der Waals surface area contributed by atoms with Gasteiger partial charge < -0.3 is 10.8 Å². The van der Waals surface area contributed by atoms with Crippen LogP contribution in [0.5, 0.6) is 0 Å². The van der Waals surface area contributed by atoms with Crippen LogP contribution < -0.4 is 5.73 Å². The van der Waals surface area contributed by atoms with E-state index in [4.69, 9.17) is 10.8 Å². The minimum atomic E-state index is -4.38. The van der Waals surface area contributed by atoms with Crippen LogP contribution in [0.3, 0.4) is 0 Å². The van der Waals surface area contributed by atoms with E-state index in [1.807, 2.05) is 0 Å². The van der Waals surface area contributed by atoms with E-state index < -0.39 is 17.8 Å². The minimum absolute atomic E-state index is 0.326. The van der Waals surface area contributed by atoms with E-state index in [9.17, 15) is 13.2 Å². The van der Waals surface area contributed by atoms with Crippen molar-refractivity contribution in [2.45, 2.75) is 19.1 Å². The van der Waals surface area contributed by atoms with Crippen LogP contribution in [0.2, 0.25) is 0 Å². The second-order valence-corrected chi connectivity index (χ2v) is 3.36. The molecule has 5 heteroatoms. The molecule has 0 aliphatic heterocycles. The van der Waals surface area contributed by atoms with Crippen molar-refractivity contribution in [1.29, 1.82) is 0 Å². The van der Waals surface area contributed by atoms with Crippen molar-refractivity contribution in [2.24, 2.45) is 5.73 Å². The molecule has 0 spiro atoms. The molecule has 0 bridgehead atoms. The van der Waals surface area contributed by atoms with E-state index in [0.29, 0.717) is 11.1 Å². The fourth-order valence-electron chi connectivity index (χ4n) is 1.31. The average Bonchev–Trinajstić information content (AvgIpc) is 2.15. The molecule has 1 aromatic carbocycles. The lowest BCUT2D eigenvalue weighted by Crippen LogP contribution is -2.17. The molecule has 3 N–H and O–H groups in total. The maximum absolute atomic E-state index is 12.4. The van der Waals surface area contributed by atoms with Crippen LogP contribution in [0.1, 0.15) is 22.7 Å². The maximum atomic E-state index is 12.4. The molecule has 0 aliphatic carbocycles. The fourth-order valence-corrected chi connectivity index (χ4v) is 1.31. The number of nitrogens with two attached hydrogens (primary N) is 1. The van der Waals surface area contributed by atoms with Gasteiger partial charge in [-0.2, -0.15) is 13.2 Å². The number of benzene rings is 1. The highest BCUT2D eigenvalue weighted by atomic mass is 19.4. The lowest BCUT2D eigenvalue weighted by molar-refractivity contribution is -0.137.